The number of ketones is 1. The van der Waals surface area contributed by atoms with E-state index in [1.165, 1.54) is 0 Å². The van der Waals surface area contributed by atoms with Crippen molar-refractivity contribution < 1.29 is 14.3 Å². The van der Waals surface area contributed by atoms with Crippen LogP contribution in [-0.4, -0.2) is 28.4 Å². The van der Waals surface area contributed by atoms with E-state index in [1.54, 1.807) is 4.90 Å². The minimum Gasteiger partial charge on any atom is -0.444 e. The van der Waals surface area contributed by atoms with Crippen LogP contribution in [0.15, 0.2) is 30.3 Å². The Morgan fingerprint density at radius 1 is 1.29 bits per heavy atom. The Hall–Kier alpha value is -1.84. The summed E-state index contributed by atoms with van der Waals surface area (Å²) < 4.78 is 5.49. The SMILES string of the molecule is CC[C@@H]1C(=O)C[C@H](c2ccccc2)N1C(=O)OC(C)(C)C. The summed E-state index contributed by atoms with van der Waals surface area (Å²) in [5, 5.41) is 0. The van der Waals surface area contributed by atoms with Crippen molar-refractivity contribution >= 4 is 11.9 Å². The molecule has 1 heterocycles. The Kier molecular flexibility index (Phi) is 4.35. The molecule has 2 rings (SSSR count). The fourth-order valence-corrected chi connectivity index (χ4v) is 2.74. The van der Waals surface area contributed by atoms with Crippen molar-refractivity contribution in [3.63, 3.8) is 0 Å². The summed E-state index contributed by atoms with van der Waals surface area (Å²) in [6.07, 6.45) is 0.567. The standard InChI is InChI=1S/C17H23NO3/c1-5-13-15(19)11-14(12-9-7-6-8-10-12)18(13)16(20)21-17(2,3)4/h6-10,13-14H,5,11H2,1-4H3/t13-,14-/m1/s1. The van der Waals surface area contributed by atoms with E-state index in [4.69, 9.17) is 4.74 Å². The van der Waals surface area contributed by atoms with Crippen LogP contribution >= 0.6 is 0 Å². The minimum atomic E-state index is -0.567. The van der Waals surface area contributed by atoms with Gasteiger partial charge in [0.25, 0.3) is 0 Å². The highest BCUT2D eigenvalue weighted by molar-refractivity contribution is 5.91. The first-order valence-corrected chi connectivity index (χ1v) is 7.42. The maximum atomic E-state index is 12.5. The van der Waals surface area contributed by atoms with Gasteiger partial charge in [-0.25, -0.2) is 4.79 Å². The van der Waals surface area contributed by atoms with Crippen LogP contribution in [0, 0.1) is 0 Å². The number of benzene rings is 1. The van der Waals surface area contributed by atoms with Gasteiger partial charge in [-0.05, 0) is 32.8 Å². The van der Waals surface area contributed by atoms with Crippen molar-refractivity contribution in [3.8, 4) is 0 Å². The Bertz CT molecular complexity index is 519. The van der Waals surface area contributed by atoms with Gasteiger partial charge in [-0.1, -0.05) is 37.3 Å². The Morgan fingerprint density at radius 2 is 1.90 bits per heavy atom. The molecule has 21 heavy (non-hydrogen) atoms. The lowest BCUT2D eigenvalue weighted by Crippen LogP contribution is -2.42. The molecule has 1 amide bonds. The van der Waals surface area contributed by atoms with Crippen LogP contribution < -0.4 is 0 Å². The number of hydrogen-bond donors (Lipinski definition) is 0. The number of amides is 1. The number of rotatable bonds is 2. The van der Waals surface area contributed by atoms with Crippen LogP contribution in [0.3, 0.4) is 0 Å². The van der Waals surface area contributed by atoms with Gasteiger partial charge in [0.2, 0.25) is 0 Å². The van der Waals surface area contributed by atoms with Crippen molar-refractivity contribution in [2.24, 2.45) is 0 Å². The molecule has 1 saturated heterocycles. The molecule has 1 fully saturated rings. The maximum absolute atomic E-state index is 12.5. The molecule has 114 valence electrons. The zero-order valence-corrected chi connectivity index (χ0v) is 13.1. The zero-order chi connectivity index (χ0) is 15.6. The van der Waals surface area contributed by atoms with Crippen molar-refractivity contribution in [1.82, 2.24) is 4.90 Å². The predicted molar refractivity (Wildman–Crippen MR) is 81.0 cm³/mol. The van der Waals surface area contributed by atoms with Gasteiger partial charge < -0.3 is 4.74 Å². The first-order chi connectivity index (χ1) is 9.83. The van der Waals surface area contributed by atoms with Crippen LogP contribution in [0.5, 0.6) is 0 Å². The quantitative estimate of drug-likeness (QED) is 0.833. The lowest BCUT2D eigenvalue weighted by atomic mass is 10.0. The lowest BCUT2D eigenvalue weighted by Gasteiger charge is -2.31. The van der Waals surface area contributed by atoms with Crippen molar-refractivity contribution in [2.75, 3.05) is 0 Å². The predicted octanol–water partition coefficient (Wildman–Crippen LogP) is 3.72. The molecule has 1 aromatic carbocycles. The van der Waals surface area contributed by atoms with E-state index in [0.717, 1.165) is 5.56 Å². The van der Waals surface area contributed by atoms with E-state index in [-0.39, 0.29) is 17.9 Å². The van der Waals surface area contributed by atoms with Gasteiger partial charge in [-0.3, -0.25) is 9.69 Å². The van der Waals surface area contributed by atoms with E-state index in [2.05, 4.69) is 0 Å². The van der Waals surface area contributed by atoms with Crippen molar-refractivity contribution in [2.45, 2.75) is 58.2 Å². The molecule has 4 nitrogen and oxygen atoms in total. The Labute approximate surface area is 126 Å². The van der Waals surface area contributed by atoms with Crippen molar-refractivity contribution in [1.29, 1.82) is 0 Å². The average molecular weight is 289 g/mol. The van der Waals surface area contributed by atoms with Gasteiger partial charge in [0.05, 0.1) is 12.1 Å². The molecule has 4 heteroatoms. The third kappa shape index (κ3) is 3.43. The highest BCUT2D eigenvalue weighted by atomic mass is 16.6. The fraction of sp³-hybridized carbons (Fsp3) is 0.529. The summed E-state index contributed by atoms with van der Waals surface area (Å²) in [5.41, 5.74) is 0.412. The van der Waals surface area contributed by atoms with E-state index in [9.17, 15) is 9.59 Å². The molecule has 0 unspecified atom stereocenters. The topological polar surface area (TPSA) is 46.6 Å². The largest absolute Gasteiger partial charge is 0.444 e. The van der Waals surface area contributed by atoms with E-state index in [0.29, 0.717) is 12.8 Å². The maximum Gasteiger partial charge on any atom is 0.411 e. The molecular formula is C17H23NO3. The molecule has 0 spiro atoms. The molecule has 1 aliphatic rings. The molecule has 0 bridgehead atoms. The number of nitrogens with zero attached hydrogens (tertiary/aromatic N) is 1. The molecule has 2 atom stereocenters. The number of ether oxygens (including phenoxy) is 1. The molecule has 0 aliphatic carbocycles. The van der Waals surface area contributed by atoms with Crippen LogP contribution in [0.2, 0.25) is 0 Å². The van der Waals surface area contributed by atoms with Gasteiger partial charge in [-0.15, -0.1) is 0 Å². The fourth-order valence-electron chi connectivity index (χ4n) is 2.74. The molecule has 0 radical (unpaired) electrons. The first-order valence-electron chi connectivity index (χ1n) is 7.42. The number of likely N-dealkylation sites (tertiary alicyclic amines) is 1. The van der Waals surface area contributed by atoms with Crippen LogP contribution in [0.1, 0.15) is 52.1 Å². The smallest absolute Gasteiger partial charge is 0.411 e. The second kappa shape index (κ2) is 5.88. The molecule has 0 aromatic heterocycles. The van der Waals surface area contributed by atoms with Gasteiger partial charge in [-0.2, -0.15) is 0 Å². The number of carbonyl (C=O) groups is 2. The summed E-state index contributed by atoms with van der Waals surface area (Å²) in [5.74, 6) is 0.109. The third-order valence-electron chi connectivity index (χ3n) is 3.61. The zero-order valence-electron chi connectivity index (χ0n) is 13.1. The van der Waals surface area contributed by atoms with Crippen LogP contribution in [0.25, 0.3) is 0 Å². The molecule has 1 aliphatic heterocycles. The van der Waals surface area contributed by atoms with E-state index in [1.807, 2.05) is 58.0 Å². The highest BCUT2D eigenvalue weighted by Gasteiger charge is 2.44. The number of carbonyl (C=O) groups excluding carboxylic acids is 2. The summed E-state index contributed by atoms with van der Waals surface area (Å²) in [6.45, 7) is 7.43. The minimum absolute atomic E-state index is 0.109. The molecule has 1 aromatic rings. The van der Waals surface area contributed by atoms with Crippen molar-refractivity contribution in [3.05, 3.63) is 35.9 Å². The number of Topliss-reactive ketones (excluding diaryl/α,β-unsaturated/α-hetero) is 1. The molecule has 0 saturated carbocycles. The van der Waals surface area contributed by atoms with Gasteiger partial charge >= 0.3 is 6.09 Å². The molecule has 0 N–H and O–H groups in total. The number of hydrogen-bond acceptors (Lipinski definition) is 3. The second-order valence-electron chi connectivity index (χ2n) is 6.41. The summed E-state index contributed by atoms with van der Waals surface area (Å²) in [7, 11) is 0. The monoisotopic (exact) mass is 289 g/mol. The van der Waals surface area contributed by atoms with Gasteiger partial charge in [0, 0.05) is 6.42 Å². The van der Waals surface area contributed by atoms with Gasteiger partial charge in [0.15, 0.2) is 5.78 Å². The van der Waals surface area contributed by atoms with Crippen LogP contribution in [-0.2, 0) is 9.53 Å². The Balaban J connectivity index is 2.31. The summed E-state index contributed by atoms with van der Waals surface area (Å²) >= 11 is 0. The van der Waals surface area contributed by atoms with Gasteiger partial charge in [0.1, 0.15) is 5.60 Å². The summed E-state index contributed by atoms with van der Waals surface area (Å²) in [6, 6.07) is 9.07. The highest BCUT2D eigenvalue weighted by Crippen LogP contribution is 2.36. The van der Waals surface area contributed by atoms with Crippen LogP contribution in [0.4, 0.5) is 4.79 Å². The third-order valence-corrected chi connectivity index (χ3v) is 3.61. The Morgan fingerprint density at radius 3 is 2.43 bits per heavy atom. The summed E-state index contributed by atoms with van der Waals surface area (Å²) in [4.78, 5) is 26.3. The van der Waals surface area contributed by atoms with E-state index < -0.39 is 11.7 Å². The first kappa shape index (κ1) is 15.5. The lowest BCUT2D eigenvalue weighted by molar-refractivity contribution is -0.120. The molecular weight excluding hydrogens is 266 g/mol. The van der Waals surface area contributed by atoms with E-state index >= 15 is 0 Å². The average Bonchev–Trinajstić information content (AvgIpc) is 2.74. The normalized spacial score (nSPS) is 22.5. The second-order valence-corrected chi connectivity index (χ2v) is 6.41.